The van der Waals surface area contributed by atoms with Gasteiger partial charge in [0.1, 0.15) is 11.3 Å². The smallest absolute Gasteiger partial charge is 0.208 e. The van der Waals surface area contributed by atoms with E-state index in [1.54, 1.807) is 6.20 Å². The summed E-state index contributed by atoms with van der Waals surface area (Å²) in [7, 11) is -3.17. The van der Waals surface area contributed by atoms with E-state index in [1.807, 2.05) is 0 Å². The van der Waals surface area contributed by atoms with Crippen LogP contribution in [0.15, 0.2) is 6.20 Å². The Labute approximate surface area is 99.9 Å². The van der Waals surface area contributed by atoms with E-state index in [0.29, 0.717) is 25.1 Å². The maximum atomic E-state index is 10.8. The molecule has 1 aromatic heterocycles. The third-order valence-electron chi connectivity index (χ3n) is 2.90. The summed E-state index contributed by atoms with van der Waals surface area (Å²) in [4.78, 5) is 0. The molecule has 7 nitrogen and oxygen atoms in total. The van der Waals surface area contributed by atoms with E-state index >= 15 is 0 Å². The standard InChI is InChI=1S/C9H16N4O3S/c1-17(15,16)10-5-6-13-7-8(11-12-13)9(14)3-2-4-9/h7,10,14H,2-6H2,1H3. The molecule has 96 valence electrons. The Morgan fingerprint density at radius 3 is 2.82 bits per heavy atom. The average molecular weight is 260 g/mol. The van der Waals surface area contributed by atoms with Gasteiger partial charge in [0.25, 0.3) is 0 Å². The van der Waals surface area contributed by atoms with Gasteiger partial charge >= 0.3 is 0 Å². The molecule has 1 saturated carbocycles. The molecule has 0 saturated heterocycles. The van der Waals surface area contributed by atoms with Gasteiger partial charge in [0.05, 0.1) is 19.0 Å². The Morgan fingerprint density at radius 1 is 1.59 bits per heavy atom. The molecule has 1 aliphatic rings. The van der Waals surface area contributed by atoms with Crippen LogP contribution in [0.3, 0.4) is 0 Å². The van der Waals surface area contributed by atoms with Crippen LogP contribution >= 0.6 is 0 Å². The maximum Gasteiger partial charge on any atom is 0.208 e. The molecule has 0 unspecified atom stereocenters. The highest BCUT2D eigenvalue weighted by molar-refractivity contribution is 7.88. The summed E-state index contributed by atoms with van der Waals surface area (Å²) in [6, 6.07) is 0. The molecule has 0 aliphatic heterocycles. The zero-order valence-corrected chi connectivity index (χ0v) is 10.4. The fraction of sp³-hybridized carbons (Fsp3) is 0.778. The molecule has 0 radical (unpaired) electrons. The summed E-state index contributed by atoms with van der Waals surface area (Å²) < 4.78 is 25.6. The monoisotopic (exact) mass is 260 g/mol. The molecule has 0 spiro atoms. The van der Waals surface area contributed by atoms with Crippen molar-refractivity contribution in [2.75, 3.05) is 12.8 Å². The first kappa shape index (κ1) is 12.5. The van der Waals surface area contributed by atoms with Crippen molar-refractivity contribution in [3.8, 4) is 0 Å². The molecule has 0 amide bonds. The van der Waals surface area contributed by atoms with Crippen LogP contribution in [0.4, 0.5) is 0 Å². The Morgan fingerprint density at radius 2 is 2.29 bits per heavy atom. The first-order valence-electron chi connectivity index (χ1n) is 5.47. The molecule has 0 aromatic carbocycles. The summed E-state index contributed by atoms with van der Waals surface area (Å²) >= 11 is 0. The van der Waals surface area contributed by atoms with Gasteiger partial charge in [0.15, 0.2) is 0 Å². The summed E-state index contributed by atoms with van der Waals surface area (Å²) in [6.45, 7) is 0.663. The highest BCUT2D eigenvalue weighted by Gasteiger charge is 2.38. The van der Waals surface area contributed by atoms with Crippen LogP contribution in [0.25, 0.3) is 0 Å². The second kappa shape index (κ2) is 4.35. The van der Waals surface area contributed by atoms with Crippen LogP contribution in [0, 0.1) is 0 Å². The van der Waals surface area contributed by atoms with Crippen molar-refractivity contribution >= 4 is 10.0 Å². The Bertz CT molecular complexity index is 492. The summed E-state index contributed by atoms with van der Waals surface area (Å²) in [6.07, 6.45) is 5.21. The molecule has 2 rings (SSSR count). The van der Waals surface area contributed by atoms with Crippen LogP contribution < -0.4 is 4.72 Å². The van der Waals surface area contributed by atoms with Crippen LogP contribution in [-0.4, -0.2) is 41.3 Å². The maximum absolute atomic E-state index is 10.8. The van der Waals surface area contributed by atoms with Crippen LogP contribution in [-0.2, 0) is 22.2 Å². The second-order valence-electron chi connectivity index (χ2n) is 4.42. The number of sulfonamides is 1. The lowest BCUT2D eigenvalue weighted by Gasteiger charge is -2.34. The van der Waals surface area contributed by atoms with E-state index in [0.717, 1.165) is 12.7 Å². The Hall–Kier alpha value is -0.990. The van der Waals surface area contributed by atoms with Crippen molar-refractivity contribution in [2.24, 2.45) is 0 Å². The minimum Gasteiger partial charge on any atom is -0.383 e. The van der Waals surface area contributed by atoms with Gasteiger partial charge in [-0.3, -0.25) is 4.68 Å². The highest BCUT2D eigenvalue weighted by atomic mass is 32.2. The molecule has 2 N–H and O–H groups in total. The fourth-order valence-corrected chi connectivity index (χ4v) is 2.20. The molecule has 1 aromatic rings. The molecule has 0 atom stereocenters. The minimum atomic E-state index is -3.17. The largest absolute Gasteiger partial charge is 0.383 e. The molecular weight excluding hydrogens is 244 g/mol. The zero-order chi connectivity index (χ0) is 12.5. The van der Waals surface area contributed by atoms with Gasteiger partial charge in [-0.25, -0.2) is 13.1 Å². The van der Waals surface area contributed by atoms with Gasteiger partial charge < -0.3 is 5.11 Å². The molecule has 17 heavy (non-hydrogen) atoms. The third-order valence-corrected chi connectivity index (χ3v) is 3.63. The van der Waals surface area contributed by atoms with E-state index in [2.05, 4.69) is 15.0 Å². The van der Waals surface area contributed by atoms with Crippen molar-refractivity contribution in [2.45, 2.75) is 31.4 Å². The average Bonchev–Trinajstić information content (AvgIpc) is 2.61. The van der Waals surface area contributed by atoms with Gasteiger partial charge in [-0.05, 0) is 19.3 Å². The number of aliphatic hydroxyl groups is 1. The Balaban J connectivity index is 1.90. The van der Waals surface area contributed by atoms with Gasteiger partial charge in [0, 0.05) is 6.54 Å². The van der Waals surface area contributed by atoms with E-state index in [4.69, 9.17) is 0 Å². The quantitative estimate of drug-likeness (QED) is 0.722. The number of aromatic nitrogens is 3. The van der Waals surface area contributed by atoms with Crippen molar-refractivity contribution < 1.29 is 13.5 Å². The normalized spacial score (nSPS) is 18.9. The lowest BCUT2D eigenvalue weighted by atomic mass is 9.78. The highest BCUT2D eigenvalue weighted by Crippen LogP contribution is 2.39. The second-order valence-corrected chi connectivity index (χ2v) is 6.25. The summed E-state index contributed by atoms with van der Waals surface area (Å²) in [5, 5.41) is 17.8. The summed E-state index contributed by atoms with van der Waals surface area (Å²) in [5.74, 6) is 0. The molecule has 1 heterocycles. The predicted molar refractivity (Wildman–Crippen MR) is 60.6 cm³/mol. The van der Waals surface area contributed by atoms with E-state index in [-0.39, 0.29) is 6.54 Å². The van der Waals surface area contributed by atoms with Crippen molar-refractivity contribution in [1.82, 2.24) is 19.7 Å². The molecule has 0 bridgehead atoms. The zero-order valence-electron chi connectivity index (χ0n) is 9.63. The van der Waals surface area contributed by atoms with E-state index < -0.39 is 15.6 Å². The number of nitrogens with one attached hydrogen (secondary N) is 1. The third kappa shape index (κ3) is 3.02. The number of nitrogens with zero attached hydrogens (tertiary/aromatic N) is 3. The van der Waals surface area contributed by atoms with Crippen molar-refractivity contribution in [1.29, 1.82) is 0 Å². The summed E-state index contributed by atoms with van der Waals surface area (Å²) in [5.41, 5.74) is -0.245. The van der Waals surface area contributed by atoms with Crippen LogP contribution in [0.1, 0.15) is 25.0 Å². The minimum absolute atomic E-state index is 0.264. The number of rotatable bonds is 5. The van der Waals surface area contributed by atoms with Gasteiger partial charge in [-0.15, -0.1) is 5.10 Å². The topological polar surface area (TPSA) is 97.1 Å². The first-order chi connectivity index (χ1) is 7.89. The molecule has 1 fully saturated rings. The van der Waals surface area contributed by atoms with Gasteiger partial charge in [-0.1, -0.05) is 5.21 Å². The Kier molecular flexibility index (Phi) is 3.19. The predicted octanol–water partition coefficient (Wildman–Crippen LogP) is -0.801. The lowest BCUT2D eigenvalue weighted by molar-refractivity contribution is -0.0427. The van der Waals surface area contributed by atoms with Gasteiger partial charge in [-0.2, -0.15) is 0 Å². The molecular formula is C9H16N4O3S. The van der Waals surface area contributed by atoms with E-state index in [1.165, 1.54) is 4.68 Å². The van der Waals surface area contributed by atoms with Crippen LogP contribution in [0.2, 0.25) is 0 Å². The number of hydrogen-bond donors (Lipinski definition) is 2. The first-order valence-corrected chi connectivity index (χ1v) is 7.36. The van der Waals surface area contributed by atoms with Gasteiger partial charge in [0.2, 0.25) is 10.0 Å². The van der Waals surface area contributed by atoms with E-state index in [9.17, 15) is 13.5 Å². The fourth-order valence-electron chi connectivity index (χ4n) is 1.73. The van der Waals surface area contributed by atoms with Crippen molar-refractivity contribution in [3.05, 3.63) is 11.9 Å². The lowest BCUT2D eigenvalue weighted by Crippen LogP contribution is -2.34. The van der Waals surface area contributed by atoms with Crippen LogP contribution in [0.5, 0.6) is 0 Å². The number of hydrogen-bond acceptors (Lipinski definition) is 5. The molecule has 8 heteroatoms. The molecule has 1 aliphatic carbocycles. The van der Waals surface area contributed by atoms with Crippen molar-refractivity contribution in [3.63, 3.8) is 0 Å². The SMILES string of the molecule is CS(=O)(=O)NCCn1cc(C2(O)CCC2)nn1.